The van der Waals surface area contributed by atoms with Gasteiger partial charge in [0.05, 0.1) is 0 Å². The van der Waals surface area contributed by atoms with E-state index in [4.69, 9.17) is 6.42 Å². The minimum absolute atomic E-state index is 0.234. The van der Waals surface area contributed by atoms with Crippen LogP contribution in [0.5, 0.6) is 0 Å². The lowest BCUT2D eigenvalue weighted by molar-refractivity contribution is -0.237. The van der Waals surface area contributed by atoms with E-state index in [-0.39, 0.29) is 5.41 Å². The van der Waals surface area contributed by atoms with Gasteiger partial charge in [-0.15, -0.1) is 6.42 Å². The van der Waals surface area contributed by atoms with Crippen LogP contribution < -0.4 is 0 Å². The van der Waals surface area contributed by atoms with Gasteiger partial charge in [0, 0.05) is 10.8 Å². The van der Waals surface area contributed by atoms with Gasteiger partial charge in [-0.2, -0.15) is 0 Å². The molecule has 0 heterocycles. The van der Waals surface area contributed by atoms with Crippen LogP contribution in [0.2, 0.25) is 0 Å². The summed E-state index contributed by atoms with van der Waals surface area (Å²) in [5, 5.41) is 0. The first kappa shape index (κ1) is 56.3. The molecule has 3 aromatic carbocycles. The highest BCUT2D eigenvalue weighted by molar-refractivity contribution is 5.81. The lowest BCUT2D eigenvalue weighted by Gasteiger charge is -2.75. The molecule has 0 N–H and O–H groups in total. The molecule has 14 saturated carbocycles. The van der Waals surface area contributed by atoms with Gasteiger partial charge in [0.1, 0.15) is 0 Å². The molecule has 0 unspecified atom stereocenters. The van der Waals surface area contributed by atoms with Crippen molar-refractivity contribution in [2.24, 2.45) is 87.3 Å². The first-order valence-corrected chi connectivity index (χ1v) is 33.5. The van der Waals surface area contributed by atoms with Crippen molar-refractivity contribution >= 4 is 12.2 Å². The summed E-state index contributed by atoms with van der Waals surface area (Å²) < 4.78 is 0. The second-order valence-electron chi connectivity index (χ2n) is 29.7. The van der Waals surface area contributed by atoms with Crippen LogP contribution in [0.25, 0.3) is 23.3 Å². The second kappa shape index (κ2) is 22.3. The lowest BCUT2D eigenvalue weighted by Crippen LogP contribution is -2.68. The zero-order valence-corrected chi connectivity index (χ0v) is 51.2. The van der Waals surface area contributed by atoms with Crippen molar-refractivity contribution in [2.45, 2.75) is 240 Å². The molecule has 0 nitrogen and oxygen atoms in total. The summed E-state index contributed by atoms with van der Waals surface area (Å²) in [4.78, 5) is 0. The van der Waals surface area contributed by atoms with Gasteiger partial charge < -0.3 is 0 Å². The Bertz CT molecular complexity index is 2530. The standard InChI is InChI=1S/C31H46.C25H30.C20H26.C2H6/c1-5-7-9-11-13-15-21-31(22-16-14-12-10-8-6-2)29-23-25(3)17-19-27(29)28-20-18-26(4)24-30(28)31;1-4-15-6-7-16(5-2)23(8-15)25-12-20-17-9-24(3)10-18(20)22(14-25)19(11-24)21(17)13-25;1-4-12(3)20-9-16-13-6-19(5-2)7-14(16)18(11-20)15(8-19)17(13)10-20;1-2/h17-20,23-24H,5-16,21-22H2,1-4H3;4-8,17-22H,1-2,9-14H2,3H3;2,4,13-18H,6-11H2,1,3H3;1-2H3. The zero-order chi connectivity index (χ0) is 54.8. The van der Waals surface area contributed by atoms with Crippen molar-refractivity contribution in [1.29, 1.82) is 0 Å². The van der Waals surface area contributed by atoms with Crippen LogP contribution in [0.15, 0.2) is 79.4 Å². The van der Waals surface area contributed by atoms with Crippen LogP contribution in [0.4, 0.5) is 0 Å². The molecule has 78 heavy (non-hydrogen) atoms. The number of fused-ring (bicyclic) bond motifs is 3. The Morgan fingerprint density at radius 3 is 1.35 bits per heavy atom. The van der Waals surface area contributed by atoms with Crippen molar-refractivity contribution in [3.63, 3.8) is 0 Å². The van der Waals surface area contributed by atoms with Gasteiger partial charge in [-0.25, -0.2) is 0 Å². The largest absolute Gasteiger partial charge is 0.120 e. The van der Waals surface area contributed by atoms with Gasteiger partial charge in [0.2, 0.25) is 0 Å². The molecular formula is C78H108. The molecule has 0 amide bonds. The minimum Gasteiger partial charge on any atom is -0.120 e. The molecule has 18 rings (SSSR count). The van der Waals surface area contributed by atoms with Gasteiger partial charge in [0.15, 0.2) is 0 Å². The topological polar surface area (TPSA) is 0 Å². The van der Waals surface area contributed by atoms with Crippen molar-refractivity contribution in [3.05, 3.63) is 118 Å². The monoisotopic (exact) mass is 1040 g/mol. The lowest BCUT2D eigenvalue weighted by atomic mass is 9.30. The van der Waals surface area contributed by atoms with Crippen LogP contribution in [0.1, 0.15) is 254 Å². The van der Waals surface area contributed by atoms with Crippen LogP contribution in [0.3, 0.4) is 0 Å². The summed E-state index contributed by atoms with van der Waals surface area (Å²) in [6, 6.07) is 21.4. The quantitative estimate of drug-likeness (QED) is 0.0677. The molecule has 15 aliphatic carbocycles. The van der Waals surface area contributed by atoms with E-state index >= 15 is 0 Å². The van der Waals surface area contributed by atoms with E-state index in [2.05, 4.69) is 134 Å². The third kappa shape index (κ3) is 9.39. The van der Waals surface area contributed by atoms with Crippen LogP contribution >= 0.6 is 0 Å². The van der Waals surface area contributed by atoms with Gasteiger partial charge >= 0.3 is 0 Å². The van der Waals surface area contributed by atoms with E-state index in [1.165, 1.54) is 181 Å². The maximum Gasteiger partial charge on any atom is 0.0320 e. The Labute approximate surface area is 478 Å². The van der Waals surface area contributed by atoms with E-state index in [0.717, 1.165) is 71.0 Å². The summed E-state index contributed by atoms with van der Waals surface area (Å²) in [5.41, 5.74) is 17.4. The number of allylic oxidation sites excluding steroid dienone is 2. The summed E-state index contributed by atoms with van der Waals surface area (Å²) in [7, 11) is 0. The van der Waals surface area contributed by atoms with Crippen molar-refractivity contribution in [1.82, 2.24) is 0 Å². The molecular weight excluding hydrogens is 937 g/mol. The third-order valence-corrected chi connectivity index (χ3v) is 25.7. The third-order valence-electron chi connectivity index (χ3n) is 25.7. The number of hydrogen-bond donors (Lipinski definition) is 0. The molecule has 420 valence electrons. The molecule has 0 atom stereocenters. The normalized spacial score (nSPS) is 37.9. The first-order chi connectivity index (χ1) is 37.8. The zero-order valence-electron chi connectivity index (χ0n) is 51.2. The minimum atomic E-state index is 0.234. The van der Waals surface area contributed by atoms with Crippen molar-refractivity contribution in [2.75, 3.05) is 0 Å². The predicted molar refractivity (Wildman–Crippen MR) is 336 cm³/mol. The number of aryl methyl sites for hydroxylation is 2. The van der Waals surface area contributed by atoms with Crippen LogP contribution in [0, 0.1) is 113 Å². The van der Waals surface area contributed by atoms with E-state index in [1.807, 2.05) is 19.9 Å². The molecule has 0 radical (unpaired) electrons. The van der Waals surface area contributed by atoms with Gasteiger partial charge in [-0.05, 0) is 244 Å². The average Bonchev–Trinajstić information content (AvgIpc) is 2.10. The SMILES string of the molecule is C#CC12CC3C4CC5(C(C)=CC)CC3C(C1)C(C5)C4C2.C=Cc1ccc(C=C)c(C23CC4C5CC6(C)CC4C(C2)C(C6)C5C3)c1.CC.CCCCCCCCC1(CCCCCCCC)c2cc(C)ccc2-c2ccc(C)cc21. The second-order valence-corrected chi connectivity index (χ2v) is 29.7. The maximum atomic E-state index is 5.97. The van der Waals surface area contributed by atoms with Crippen LogP contribution in [-0.4, -0.2) is 0 Å². The average molecular weight is 1050 g/mol. The maximum absolute atomic E-state index is 5.97. The summed E-state index contributed by atoms with van der Waals surface area (Å²) in [5.74, 6) is 15.6. The highest BCUT2D eigenvalue weighted by atomic mass is 14.8. The Hall–Kier alpha value is -3.56. The summed E-state index contributed by atoms with van der Waals surface area (Å²) in [6.07, 6.45) is 49.4. The first-order valence-electron chi connectivity index (χ1n) is 33.5. The fourth-order valence-corrected chi connectivity index (χ4v) is 22.6. The van der Waals surface area contributed by atoms with Gasteiger partial charge in [-0.3, -0.25) is 0 Å². The molecule has 0 spiro atoms. The predicted octanol–water partition coefficient (Wildman–Crippen LogP) is 22.1. The summed E-state index contributed by atoms with van der Waals surface area (Å²) >= 11 is 0. The molecule has 0 heteroatoms. The molecule has 14 fully saturated rings. The Morgan fingerprint density at radius 1 is 0.526 bits per heavy atom. The van der Waals surface area contributed by atoms with Crippen molar-refractivity contribution < 1.29 is 0 Å². The van der Waals surface area contributed by atoms with E-state index in [0.29, 0.717) is 21.7 Å². The van der Waals surface area contributed by atoms with E-state index in [1.54, 1.807) is 41.5 Å². The van der Waals surface area contributed by atoms with Gasteiger partial charge in [-0.1, -0.05) is 220 Å². The Morgan fingerprint density at radius 2 is 0.936 bits per heavy atom. The van der Waals surface area contributed by atoms with Crippen LogP contribution in [-0.2, 0) is 10.8 Å². The molecule has 15 aliphatic rings. The number of rotatable bonds is 18. The molecule has 3 aromatic rings. The summed E-state index contributed by atoms with van der Waals surface area (Å²) in [6.45, 7) is 28.6. The fraction of sp³-hybridized carbons (Fsp3) is 0.667. The number of terminal acetylenes is 1. The highest BCUT2D eigenvalue weighted by Gasteiger charge is 2.71. The Kier molecular flexibility index (Phi) is 16.1. The van der Waals surface area contributed by atoms with E-state index in [9.17, 15) is 0 Å². The molecule has 0 aliphatic heterocycles. The van der Waals surface area contributed by atoms with E-state index < -0.39 is 0 Å². The highest BCUT2D eigenvalue weighted by Crippen LogP contribution is 2.79. The number of hydrogen-bond acceptors (Lipinski definition) is 0. The molecule has 0 aromatic heterocycles. The Balaban J connectivity index is 0.000000124. The van der Waals surface area contributed by atoms with Gasteiger partial charge in [0.25, 0.3) is 0 Å². The number of unbranched alkanes of at least 4 members (excludes halogenated alkanes) is 10. The number of benzene rings is 3. The fourth-order valence-electron chi connectivity index (χ4n) is 22.6. The van der Waals surface area contributed by atoms with Crippen molar-refractivity contribution in [3.8, 4) is 23.5 Å². The smallest absolute Gasteiger partial charge is 0.0320 e. The molecule has 16 bridgehead atoms. The molecule has 0 saturated heterocycles.